The van der Waals surface area contributed by atoms with Gasteiger partial charge in [-0.25, -0.2) is 0 Å². The molecule has 0 heterocycles. The second kappa shape index (κ2) is 6.39. The maximum atomic E-state index is 9.50. The van der Waals surface area contributed by atoms with Crippen LogP contribution in [0.2, 0.25) is 0 Å². The van der Waals surface area contributed by atoms with E-state index in [1.54, 1.807) is 0 Å². The lowest BCUT2D eigenvalue weighted by Gasteiger charge is -2.16. The maximum Gasteiger partial charge on any atom is 0.119 e. The lowest BCUT2D eigenvalue weighted by molar-refractivity contribution is 0.205. The molecule has 0 aliphatic rings. The molecule has 2 aromatic rings. The highest BCUT2D eigenvalue weighted by Crippen LogP contribution is 2.19. The zero-order chi connectivity index (χ0) is 13.7. The second-order valence-electron chi connectivity index (χ2n) is 4.92. The van der Waals surface area contributed by atoms with Crippen LogP contribution in [0.5, 0.6) is 5.75 Å². The van der Waals surface area contributed by atoms with Gasteiger partial charge in [-0.2, -0.15) is 0 Å². The summed E-state index contributed by atoms with van der Waals surface area (Å²) < 4.78 is 5.76. The number of hydrogen-bond donors (Lipinski definition) is 1. The highest BCUT2D eigenvalue weighted by atomic mass is 16.5. The van der Waals surface area contributed by atoms with Gasteiger partial charge in [0.15, 0.2) is 0 Å². The molecule has 2 heteroatoms. The normalized spacial score (nSPS) is 12.2. The van der Waals surface area contributed by atoms with Gasteiger partial charge in [-0.3, -0.25) is 0 Å². The van der Waals surface area contributed by atoms with Crippen molar-refractivity contribution in [3.8, 4) is 5.75 Å². The molecule has 0 aliphatic heterocycles. The number of benzene rings is 2. The van der Waals surface area contributed by atoms with Gasteiger partial charge in [-0.05, 0) is 37.1 Å². The molecule has 2 rings (SSSR count). The molecule has 0 bridgehead atoms. The van der Waals surface area contributed by atoms with Gasteiger partial charge >= 0.3 is 0 Å². The van der Waals surface area contributed by atoms with Gasteiger partial charge in [0.2, 0.25) is 0 Å². The van der Waals surface area contributed by atoms with Crippen molar-refractivity contribution >= 4 is 0 Å². The first-order valence-corrected chi connectivity index (χ1v) is 6.56. The first-order valence-electron chi connectivity index (χ1n) is 6.56. The van der Waals surface area contributed by atoms with Crippen LogP contribution in [0.25, 0.3) is 0 Å². The van der Waals surface area contributed by atoms with Crippen LogP contribution in [-0.4, -0.2) is 18.3 Å². The van der Waals surface area contributed by atoms with E-state index in [4.69, 9.17) is 4.74 Å². The quantitative estimate of drug-likeness (QED) is 0.887. The van der Waals surface area contributed by atoms with E-state index < -0.39 is 0 Å². The van der Waals surface area contributed by atoms with Crippen LogP contribution < -0.4 is 4.74 Å². The Bertz CT molecular complexity index is 517. The third-order valence-electron chi connectivity index (χ3n) is 3.21. The third-order valence-corrected chi connectivity index (χ3v) is 3.21. The van der Waals surface area contributed by atoms with Crippen LogP contribution in [0.4, 0.5) is 0 Å². The number of ether oxygens (including phenoxy) is 1. The summed E-state index contributed by atoms with van der Waals surface area (Å²) in [6.07, 6.45) is 0. The fraction of sp³-hybridized carbons (Fsp3) is 0.294. The molecule has 0 radical (unpaired) electrons. The zero-order valence-electron chi connectivity index (χ0n) is 11.5. The Balaban J connectivity index is 2.01. The predicted molar refractivity (Wildman–Crippen MR) is 77.7 cm³/mol. The van der Waals surface area contributed by atoms with Crippen molar-refractivity contribution in [2.45, 2.75) is 19.8 Å². The molecule has 0 amide bonds. The van der Waals surface area contributed by atoms with Gasteiger partial charge in [-0.15, -0.1) is 0 Å². The summed E-state index contributed by atoms with van der Waals surface area (Å²) in [6, 6.07) is 16.2. The van der Waals surface area contributed by atoms with Crippen molar-refractivity contribution < 1.29 is 9.84 Å². The molecule has 100 valence electrons. The number of hydrogen-bond acceptors (Lipinski definition) is 2. The minimum atomic E-state index is 0.0149. The largest absolute Gasteiger partial charge is 0.493 e. The molecule has 1 unspecified atom stereocenters. The first kappa shape index (κ1) is 13.6. The van der Waals surface area contributed by atoms with E-state index >= 15 is 0 Å². The molecular weight excluding hydrogens is 236 g/mol. The topological polar surface area (TPSA) is 29.5 Å². The van der Waals surface area contributed by atoms with Crippen LogP contribution in [0.3, 0.4) is 0 Å². The van der Waals surface area contributed by atoms with Gasteiger partial charge in [0.05, 0.1) is 13.2 Å². The summed E-state index contributed by atoms with van der Waals surface area (Å²) in [5.74, 6) is 0.867. The Morgan fingerprint density at radius 3 is 2.37 bits per heavy atom. The van der Waals surface area contributed by atoms with E-state index in [0.29, 0.717) is 6.61 Å². The molecule has 0 fully saturated rings. The number of aryl methyl sites for hydroxylation is 2. The van der Waals surface area contributed by atoms with Crippen molar-refractivity contribution in [1.82, 2.24) is 0 Å². The summed E-state index contributed by atoms with van der Waals surface area (Å²) in [7, 11) is 0. The van der Waals surface area contributed by atoms with E-state index in [0.717, 1.165) is 11.3 Å². The van der Waals surface area contributed by atoms with Crippen molar-refractivity contribution in [1.29, 1.82) is 0 Å². The van der Waals surface area contributed by atoms with Crippen LogP contribution in [0.15, 0.2) is 48.5 Å². The molecule has 2 nitrogen and oxygen atoms in total. The second-order valence-corrected chi connectivity index (χ2v) is 4.92. The minimum absolute atomic E-state index is 0.0149. The SMILES string of the molecule is Cc1ccc(C(CO)COc2cccc(C)c2)cc1. The highest BCUT2D eigenvalue weighted by molar-refractivity contribution is 5.28. The molecule has 0 aromatic heterocycles. The molecule has 1 atom stereocenters. The molecule has 0 aliphatic carbocycles. The average molecular weight is 256 g/mol. The molecule has 1 N–H and O–H groups in total. The van der Waals surface area contributed by atoms with Crippen molar-refractivity contribution in [2.75, 3.05) is 13.2 Å². The Labute approximate surface area is 114 Å². The Kier molecular flexibility index (Phi) is 4.58. The van der Waals surface area contributed by atoms with Gasteiger partial charge in [0, 0.05) is 5.92 Å². The molecule has 2 aromatic carbocycles. The fourth-order valence-electron chi connectivity index (χ4n) is 1.99. The number of rotatable bonds is 5. The van der Waals surface area contributed by atoms with Gasteiger partial charge < -0.3 is 9.84 Å². The van der Waals surface area contributed by atoms with Crippen molar-refractivity contribution in [3.05, 3.63) is 65.2 Å². The first-order chi connectivity index (χ1) is 9.19. The smallest absolute Gasteiger partial charge is 0.119 e. The molecule has 0 saturated heterocycles. The lowest BCUT2D eigenvalue weighted by atomic mass is 10.00. The van der Waals surface area contributed by atoms with Crippen LogP contribution in [0, 0.1) is 13.8 Å². The number of aliphatic hydroxyl groups is 1. The number of aliphatic hydroxyl groups excluding tert-OH is 1. The van der Waals surface area contributed by atoms with Crippen LogP contribution in [-0.2, 0) is 0 Å². The molecular formula is C17H20O2. The highest BCUT2D eigenvalue weighted by Gasteiger charge is 2.11. The predicted octanol–water partition coefficient (Wildman–Crippen LogP) is 3.46. The van der Waals surface area contributed by atoms with E-state index in [9.17, 15) is 5.11 Å². The van der Waals surface area contributed by atoms with Crippen LogP contribution >= 0.6 is 0 Å². The molecule has 19 heavy (non-hydrogen) atoms. The summed E-state index contributed by atoms with van der Waals surface area (Å²) >= 11 is 0. The van der Waals surface area contributed by atoms with E-state index in [2.05, 4.69) is 31.2 Å². The van der Waals surface area contributed by atoms with Gasteiger partial charge in [0.25, 0.3) is 0 Å². The minimum Gasteiger partial charge on any atom is -0.493 e. The molecule has 0 spiro atoms. The van der Waals surface area contributed by atoms with Gasteiger partial charge in [-0.1, -0.05) is 42.0 Å². The zero-order valence-corrected chi connectivity index (χ0v) is 11.5. The van der Waals surface area contributed by atoms with Crippen LogP contribution in [0.1, 0.15) is 22.6 Å². The summed E-state index contributed by atoms with van der Waals surface area (Å²) in [5, 5.41) is 9.50. The van der Waals surface area contributed by atoms with E-state index in [1.807, 2.05) is 31.2 Å². The summed E-state index contributed by atoms with van der Waals surface area (Å²) in [5.41, 5.74) is 3.51. The standard InChI is InChI=1S/C17H20O2/c1-13-6-8-15(9-7-13)16(11-18)12-19-17-5-3-4-14(2)10-17/h3-10,16,18H,11-12H2,1-2H3. The Morgan fingerprint density at radius 2 is 1.74 bits per heavy atom. The average Bonchev–Trinajstić information content (AvgIpc) is 2.41. The Hall–Kier alpha value is -1.80. The van der Waals surface area contributed by atoms with Crippen molar-refractivity contribution in [3.63, 3.8) is 0 Å². The lowest BCUT2D eigenvalue weighted by Crippen LogP contribution is -2.14. The van der Waals surface area contributed by atoms with E-state index in [-0.39, 0.29) is 12.5 Å². The summed E-state index contributed by atoms with van der Waals surface area (Å²) in [6.45, 7) is 4.68. The monoisotopic (exact) mass is 256 g/mol. The van der Waals surface area contributed by atoms with Crippen molar-refractivity contribution in [2.24, 2.45) is 0 Å². The third kappa shape index (κ3) is 3.83. The maximum absolute atomic E-state index is 9.50. The molecule has 0 saturated carbocycles. The van der Waals surface area contributed by atoms with E-state index in [1.165, 1.54) is 11.1 Å². The Morgan fingerprint density at radius 1 is 1.00 bits per heavy atom. The summed E-state index contributed by atoms with van der Waals surface area (Å²) in [4.78, 5) is 0. The fourth-order valence-corrected chi connectivity index (χ4v) is 1.99. The van der Waals surface area contributed by atoms with Gasteiger partial charge in [0.1, 0.15) is 5.75 Å².